The lowest BCUT2D eigenvalue weighted by Gasteiger charge is -2.19. The Morgan fingerprint density at radius 1 is 1.12 bits per heavy atom. The molecule has 3 nitrogen and oxygen atoms in total. The summed E-state index contributed by atoms with van der Waals surface area (Å²) in [5.74, 6) is 0.879. The highest BCUT2D eigenvalue weighted by Gasteiger charge is 2.10. The molecule has 0 radical (unpaired) electrons. The van der Waals surface area contributed by atoms with E-state index < -0.39 is 0 Å². The lowest BCUT2D eigenvalue weighted by Crippen LogP contribution is -2.20. The summed E-state index contributed by atoms with van der Waals surface area (Å²) in [5, 5.41) is 3.45. The molecule has 3 heteroatoms. The van der Waals surface area contributed by atoms with Crippen LogP contribution in [-0.2, 0) is 0 Å². The Balaban J connectivity index is 1.83. The van der Waals surface area contributed by atoms with Crippen LogP contribution < -0.4 is 5.32 Å². The molecule has 1 aliphatic carbocycles. The van der Waals surface area contributed by atoms with Crippen LogP contribution in [0.25, 0.3) is 11.0 Å². The molecule has 0 fully saturated rings. The molecule has 0 amide bonds. The number of rotatable bonds is 2. The first-order chi connectivity index (χ1) is 8.42. The average Bonchev–Trinajstić information content (AvgIpc) is 2.40. The van der Waals surface area contributed by atoms with Crippen LogP contribution in [0.5, 0.6) is 0 Å². The first-order valence-electron chi connectivity index (χ1n) is 6.05. The van der Waals surface area contributed by atoms with Crippen molar-refractivity contribution in [3.63, 3.8) is 0 Å². The van der Waals surface area contributed by atoms with E-state index in [1.54, 1.807) is 0 Å². The third-order valence-electron chi connectivity index (χ3n) is 3.07. The lowest BCUT2D eigenvalue weighted by atomic mass is 10.0. The number of nitrogens with one attached hydrogen (secondary N) is 1. The predicted molar refractivity (Wildman–Crippen MR) is 69.9 cm³/mol. The fourth-order valence-electron chi connectivity index (χ4n) is 2.16. The van der Waals surface area contributed by atoms with E-state index in [0.717, 1.165) is 29.7 Å². The van der Waals surface area contributed by atoms with Crippen molar-refractivity contribution >= 4 is 16.9 Å². The molecule has 86 valence electrons. The molecule has 1 unspecified atom stereocenters. The van der Waals surface area contributed by atoms with Crippen LogP contribution in [0.1, 0.15) is 19.3 Å². The van der Waals surface area contributed by atoms with Gasteiger partial charge in [-0.05, 0) is 31.4 Å². The topological polar surface area (TPSA) is 37.8 Å². The standard InChI is InChI=1S/C14H15N3/c1-2-6-11(7-3-1)16-14-10-15-12-8-4-5-9-13(12)17-14/h1-2,4-5,8-11H,3,6-7H2,(H,16,17). The number of aromatic nitrogens is 2. The highest BCUT2D eigenvalue weighted by atomic mass is 15.0. The molecule has 1 aromatic heterocycles. The number of hydrogen-bond acceptors (Lipinski definition) is 3. The van der Waals surface area contributed by atoms with Crippen molar-refractivity contribution in [2.45, 2.75) is 25.3 Å². The van der Waals surface area contributed by atoms with Gasteiger partial charge in [-0.1, -0.05) is 24.3 Å². The summed E-state index contributed by atoms with van der Waals surface area (Å²) in [5.41, 5.74) is 1.89. The second kappa shape index (κ2) is 4.53. The smallest absolute Gasteiger partial charge is 0.145 e. The second-order valence-corrected chi connectivity index (χ2v) is 4.37. The third-order valence-corrected chi connectivity index (χ3v) is 3.07. The number of fused-ring (bicyclic) bond motifs is 1. The molecule has 2 aromatic rings. The van der Waals surface area contributed by atoms with Crippen molar-refractivity contribution < 1.29 is 0 Å². The summed E-state index contributed by atoms with van der Waals surface area (Å²) in [4.78, 5) is 8.98. The minimum Gasteiger partial charge on any atom is -0.366 e. The van der Waals surface area contributed by atoms with E-state index in [9.17, 15) is 0 Å². The largest absolute Gasteiger partial charge is 0.366 e. The molecule has 0 saturated heterocycles. The van der Waals surface area contributed by atoms with Gasteiger partial charge in [-0.15, -0.1) is 0 Å². The first kappa shape index (κ1) is 10.3. The van der Waals surface area contributed by atoms with Crippen molar-refractivity contribution in [1.82, 2.24) is 9.97 Å². The summed E-state index contributed by atoms with van der Waals surface area (Å²) in [6.07, 6.45) is 9.69. The number of para-hydroxylation sites is 2. The fourth-order valence-corrected chi connectivity index (χ4v) is 2.16. The zero-order valence-electron chi connectivity index (χ0n) is 9.63. The maximum absolute atomic E-state index is 4.57. The Morgan fingerprint density at radius 3 is 2.82 bits per heavy atom. The lowest BCUT2D eigenvalue weighted by molar-refractivity contribution is 0.642. The molecular weight excluding hydrogens is 210 g/mol. The summed E-state index contributed by atoms with van der Waals surface area (Å²) in [7, 11) is 0. The normalized spacial score (nSPS) is 19.4. The molecule has 1 N–H and O–H groups in total. The van der Waals surface area contributed by atoms with Crippen molar-refractivity contribution in [1.29, 1.82) is 0 Å². The van der Waals surface area contributed by atoms with Crippen LogP contribution in [0.4, 0.5) is 5.82 Å². The minimum atomic E-state index is 0.496. The minimum absolute atomic E-state index is 0.496. The van der Waals surface area contributed by atoms with E-state index >= 15 is 0 Å². The van der Waals surface area contributed by atoms with E-state index in [2.05, 4.69) is 27.4 Å². The predicted octanol–water partition coefficient (Wildman–Crippen LogP) is 3.15. The SMILES string of the molecule is C1=CCC(Nc2cnc3ccccc3n2)CC1. The van der Waals surface area contributed by atoms with Gasteiger partial charge in [0.05, 0.1) is 17.2 Å². The highest BCUT2D eigenvalue weighted by molar-refractivity contribution is 5.75. The van der Waals surface area contributed by atoms with Gasteiger partial charge in [0, 0.05) is 6.04 Å². The summed E-state index contributed by atoms with van der Waals surface area (Å²) >= 11 is 0. The maximum Gasteiger partial charge on any atom is 0.145 e. The summed E-state index contributed by atoms with van der Waals surface area (Å²) in [6.45, 7) is 0. The molecule has 1 atom stereocenters. The number of anilines is 1. The van der Waals surface area contributed by atoms with E-state index in [0.29, 0.717) is 6.04 Å². The zero-order valence-corrected chi connectivity index (χ0v) is 9.63. The quantitative estimate of drug-likeness (QED) is 0.798. The number of nitrogens with zero attached hydrogens (tertiary/aromatic N) is 2. The van der Waals surface area contributed by atoms with Crippen LogP contribution >= 0.6 is 0 Å². The number of allylic oxidation sites excluding steroid dienone is 1. The molecule has 0 aliphatic heterocycles. The van der Waals surface area contributed by atoms with Gasteiger partial charge in [0.2, 0.25) is 0 Å². The first-order valence-corrected chi connectivity index (χ1v) is 6.05. The van der Waals surface area contributed by atoms with Gasteiger partial charge >= 0.3 is 0 Å². The monoisotopic (exact) mass is 225 g/mol. The average molecular weight is 225 g/mol. The van der Waals surface area contributed by atoms with Gasteiger partial charge in [0.25, 0.3) is 0 Å². The summed E-state index contributed by atoms with van der Waals surface area (Å²) < 4.78 is 0. The van der Waals surface area contributed by atoms with Gasteiger partial charge in [-0.3, -0.25) is 4.98 Å². The molecule has 0 bridgehead atoms. The third kappa shape index (κ3) is 2.28. The van der Waals surface area contributed by atoms with Crippen LogP contribution in [0.2, 0.25) is 0 Å². The van der Waals surface area contributed by atoms with Crippen molar-refractivity contribution in [3.05, 3.63) is 42.6 Å². The van der Waals surface area contributed by atoms with Crippen LogP contribution in [0.3, 0.4) is 0 Å². The zero-order chi connectivity index (χ0) is 11.5. The fraction of sp³-hybridized carbons (Fsp3) is 0.286. The number of hydrogen-bond donors (Lipinski definition) is 1. The van der Waals surface area contributed by atoms with Gasteiger partial charge < -0.3 is 5.32 Å². The van der Waals surface area contributed by atoms with Crippen molar-refractivity contribution in [3.8, 4) is 0 Å². The maximum atomic E-state index is 4.57. The molecule has 1 heterocycles. The second-order valence-electron chi connectivity index (χ2n) is 4.37. The molecule has 0 saturated carbocycles. The van der Waals surface area contributed by atoms with E-state index in [1.165, 1.54) is 6.42 Å². The Bertz CT molecular complexity index is 548. The Morgan fingerprint density at radius 2 is 2.00 bits per heavy atom. The highest BCUT2D eigenvalue weighted by Crippen LogP contribution is 2.17. The molecule has 17 heavy (non-hydrogen) atoms. The molecule has 0 spiro atoms. The van der Waals surface area contributed by atoms with E-state index in [4.69, 9.17) is 0 Å². The van der Waals surface area contributed by atoms with Crippen molar-refractivity contribution in [2.24, 2.45) is 0 Å². The Hall–Kier alpha value is -1.90. The summed E-state index contributed by atoms with van der Waals surface area (Å²) in [6, 6.07) is 8.44. The molecule has 1 aromatic carbocycles. The van der Waals surface area contributed by atoms with E-state index in [1.807, 2.05) is 30.5 Å². The van der Waals surface area contributed by atoms with Crippen LogP contribution in [-0.4, -0.2) is 16.0 Å². The van der Waals surface area contributed by atoms with E-state index in [-0.39, 0.29) is 0 Å². The number of benzene rings is 1. The van der Waals surface area contributed by atoms with Crippen LogP contribution in [0, 0.1) is 0 Å². The van der Waals surface area contributed by atoms with Gasteiger partial charge in [-0.2, -0.15) is 0 Å². The molecule has 3 rings (SSSR count). The van der Waals surface area contributed by atoms with Gasteiger partial charge in [0.1, 0.15) is 5.82 Å². The van der Waals surface area contributed by atoms with Gasteiger partial charge in [0.15, 0.2) is 0 Å². The van der Waals surface area contributed by atoms with Crippen molar-refractivity contribution in [2.75, 3.05) is 5.32 Å². The molecular formula is C14H15N3. The Kier molecular flexibility index (Phi) is 2.74. The van der Waals surface area contributed by atoms with Crippen LogP contribution in [0.15, 0.2) is 42.6 Å². The van der Waals surface area contributed by atoms with Gasteiger partial charge in [-0.25, -0.2) is 4.98 Å². The Labute approximate surface area is 101 Å². The molecule has 1 aliphatic rings.